The maximum atomic E-state index is 14.5. The molecule has 1 aliphatic rings. The van der Waals surface area contributed by atoms with Crippen molar-refractivity contribution in [3.63, 3.8) is 0 Å². The number of halogens is 2. The van der Waals surface area contributed by atoms with E-state index in [1.165, 1.54) is 46.8 Å². The van der Waals surface area contributed by atoms with Crippen molar-refractivity contribution < 1.29 is 13.6 Å². The molecule has 0 amide bonds. The van der Waals surface area contributed by atoms with Gasteiger partial charge in [0.15, 0.2) is 5.78 Å². The Morgan fingerprint density at radius 1 is 0.750 bits per heavy atom. The van der Waals surface area contributed by atoms with Gasteiger partial charge < -0.3 is 0 Å². The second-order valence-electron chi connectivity index (χ2n) is 7.27. The molecule has 5 rings (SSSR count). The first-order chi connectivity index (χ1) is 15.6. The molecule has 0 radical (unpaired) electrons. The van der Waals surface area contributed by atoms with Crippen LogP contribution in [0, 0.1) is 11.6 Å². The molecule has 0 bridgehead atoms. The predicted octanol–water partition coefficient (Wildman–Crippen LogP) is 3.96. The molecule has 1 saturated carbocycles. The third kappa shape index (κ3) is 3.76. The van der Waals surface area contributed by atoms with Gasteiger partial charge in [-0.05, 0) is 60.4 Å². The number of Topliss-reactive ketones (excluding diaryl/α,β-unsaturated/α-hetero) is 1. The highest BCUT2D eigenvalue weighted by atomic mass is 19.1. The van der Waals surface area contributed by atoms with Crippen molar-refractivity contribution in [2.24, 2.45) is 0 Å². The first kappa shape index (κ1) is 19.7. The summed E-state index contributed by atoms with van der Waals surface area (Å²) >= 11 is 0. The van der Waals surface area contributed by atoms with Crippen molar-refractivity contribution in [3.8, 4) is 11.4 Å². The first-order valence-electron chi connectivity index (χ1n) is 9.83. The van der Waals surface area contributed by atoms with Gasteiger partial charge in [-0.15, -0.1) is 0 Å². The van der Waals surface area contributed by atoms with Gasteiger partial charge in [-0.2, -0.15) is 10.2 Å². The Bertz CT molecular complexity index is 1250. The molecule has 0 N–H and O–H groups in total. The van der Waals surface area contributed by atoms with Gasteiger partial charge >= 0.3 is 0 Å². The Hall–Kier alpha value is -4.27. The number of carbonyl (C=O) groups excluding carboxylic acids is 1. The number of benzene rings is 2. The van der Waals surface area contributed by atoms with Crippen LogP contribution in [-0.4, -0.2) is 35.3 Å². The Morgan fingerprint density at radius 3 is 1.59 bits per heavy atom. The quantitative estimate of drug-likeness (QED) is 0.458. The van der Waals surface area contributed by atoms with Crippen LogP contribution >= 0.6 is 0 Å². The maximum absolute atomic E-state index is 14.5. The van der Waals surface area contributed by atoms with E-state index in [2.05, 4.69) is 20.2 Å². The molecule has 2 aromatic heterocycles. The van der Waals surface area contributed by atoms with Gasteiger partial charge in [0.25, 0.3) is 0 Å². The lowest BCUT2D eigenvalue weighted by molar-refractivity contribution is -0.111. The zero-order valence-corrected chi connectivity index (χ0v) is 16.7. The Labute approximate surface area is 181 Å². The molecule has 2 heterocycles. The number of ketones is 1. The van der Waals surface area contributed by atoms with Gasteiger partial charge in [0.05, 0.1) is 0 Å². The standard InChI is InChI=1S/C23H16F2N6O/c24-19-9-15(1-5-21(19)30-13-26-11-28-30)7-17-3-4-18(23(17)32)8-16-2-6-22(20(25)10-16)31-14-27-12-29-31/h1-2,5-14H,3-4H2/b17-7+,18-8+. The van der Waals surface area contributed by atoms with Gasteiger partial charge in [0.1, 0.15) is 48.3 Å². The topological polar surface area (TPSA) is 78.5 Å². The van der Waals surface area contributed by atoms with Crippen molar-refractivity contribution in [1.82, 2.24) is 29.5 Å². The fourth-order valence-corrected chi connectivity index (χ4v) is 3.64. The van der Waals surface area contributed by atoms with Crippen LogP contribution in [-0.2, 0) is 4.79 Å². The van der Waals surface area contributed by atoms with Gasteiger partial charge in [-0.1, -0.05) is 12.1 Å². The summed E-state index contributed by atoms with van der Waals surface area (Å²) < 4.78 is 31.6. The minimum atomic E-state index is -0.464. The van der Waals surface area contributed by atoms with Crippen LogP contribution in [0.3, 0.4) is 0 Å². The molecular weight excluding hydrogens is 414 g/mol. The van der Waals surface area contributed by atoms with E-state index in [0.29, 0.717) is 35.1 Å². The maximum Gasteiger partial charge on any atom is 0.185 e. The summed E-state index contributed by atoms with van der Waals surface area (Å²) in [5.74, 6) is -1.05. The van der Waals surface area contributed by atoms with E-state index in [0.717, 1.165) is 0 Å². The molecule has 2 aromatic carbocycles. The first-order valence-corrected chi connectivity index (χ1v) is 9.83. The number of carbonyl (C=O) groups is 1. The Balaban J connectivity index is 1.37. The van der Waals surface area contributed by atoms with E-state index >= 15 is 0 Å². The van der Waals surface area contributed by atoms with Crippen molar-refractivity contribution >= 4 is 17.9 Å². The van der Waals surface area contributed by atoms with Gasteiger partial charge in [0, 0.05) is 11.1 Å². The highest BCUT2D eigenvalue weighted by Gasteiger charge is 2.23. The normalized spacial score (nSPS) is 16.4. The van der Waals surface area contributed by atoms with Crippen LogP contribution in [0.25, 0.3) is 23.5 Å². The average Bonchev–Trinajstić information content (AvgIpc) is 3.54. The molecule has 0 unspecified atom stereocenters. The summed E-state index contributed by atoms with van der Waals surface area (Å²) in [6.07, 6.45) is 9.93. The van der Waals surface area contributed by atoms with Crippen LogP contribution in [0.15, 0.2) is 72.9 Å². The van der Waals surface area contributed by atoms with Crippen molar-refractivity contribution in [3.05, 3.63) is 95.6 Å². The van der Waals surface area contributed by atoms with Crippen molar-refractivity contribution in [2.45, 2.75) is 12.8 Å². The summed E-state index contributed by atoms with van der Waals surface area (Å²) in [6, 6.07) is 9.34. The molecule has 0 spiro atoms. The average molecular weight is 430 g/mol. The van der Waals surface area contributed by atoms with Crippen LogP contribution in [0.4, 0.5) is 8.78 Å². The fourth-order valence-electron chi connectivity index (χ4n) is 3.64. The van der Waals surface area contributed by atoms with Crippen molar-refractivity contribution in [1.29, 1.82) is 0 Å². The summed E-state index contributed by atoms with van der Waals surface area (Å²) in [6.45, 7) is 0. The molecule has 0 saturated heterocycles. The third-order valence-electron chi connectivity index (χ3n) is 5.20. The van der Waals surface area contributed by atoms with E-state index in [9.17, 15) is 13.6 Å². The summed E-state index contributed by atoms with van der Waals surface area (Å²) in [4.78, 5) is 20.4. The highest BCUT2D eigenvalue weighted by molar-refractivity contribution is 6.15. The molecular formula is C23H16F2N6O. The monoisotopic (exact) mass is 430 g/mol. The zero-order chi connectivity index (χ0) is 22.1. The smallest absolute Gasteiger partial charge is 0.185 e. The molecule has 158 valence electrons. The van der Waals surface area contributed by atoms with E-state index in [4.69, 9.17) is 0 Å². The lowest BCUT2D eigenvalue weighted by atomic mass is 10.1. The number of allylic oxidation sites excluding steroid dienone is 2. The van der Waals surface area contributed by atoms with Crippen LogP contribution in [0.1, 0.15) is 24.0 Å². The van der Waals surface area contributed by atoms with E-state index in [1.807, 2.05) is 0 Å². The minimum Gasteiger partial charge on any atom is -0.289 e. The second-order valence-corrected chi connectivity index (χ2v) is 7.27. The van der Waals surface area contributed by atoms with E-state index in [1.54, 1.807) is 36.4 Å². The number of hydrogen-bond donors (Lipinski definition) is 0. The summed E-state index contributed by atoms with van der Waals surface area (Å²) in [5.41, 5.74) is 2.89. The summed E-state index contributed by atoms with van der Waals surface area (Å²) in [7, 11) is 0. The van der Waals surface area contributed by atoms with E-state index < -0.39 is 11.6 Å². The largest absolute Gasteiger partial charge is 0.289 e. The number of aromatic nitrogens is 6. The van der Waals surface area contributed by atoms with Crippen LogP contribution in [0.2, 0.25) is 0 Å². The second kappa shape index (κ2) is 8.10. The fraction of sp³-hybridized carbons (Fsp3) is 0.0870. The number of nitrogens with zero attached hydrogens (tertiary/aromatic N) is 6. The molecule has 9 heteroatoms. The minimum absolute atomic E-state index is 0.119. The number of hydrogen-bond acceptors (Lipinski definition) is 5. The van der Waals surface area contributed by atoms with Crippen LogP contribution in [0.5, 0.6) is 0 Å². The van der Waals surface area contributed by atoms with E-state index in [-0.39, 0.29) is 17.2 Å². The zero-order valence-electron chi connectivity index (χ0n) is 16.7. The van der Waals surface area contributed by atoms with Gasteiger partial charge in [0.2, 0.25) is 0 Å². The van der Waals surface area contributed by atoms with Crippen molar-refractivity contribution in [2.75, 3.05) is 0 Å². The molecule has 1 aliphatic carbocycles. The molecule has 1 fully saturated rings. The Morgan fingerprint density at radius 2 is 1.22 bits per heavy atom. The number of rotatable bonds is 4. The van der Waals surface area contributed by atoms with Gasteiger partial charge in [-0.25, -0.2) is 28.1 Å². The molecule has 0 aliphatic heterocycles. The van der Waals surface area contributed by atoms with Crippen LogP contribution < -0.4 is 0 Å². The molecule has 32 heavy (non-hydrogen) atoms. The highest BCUT2D eigenvalue weighted by Crippen LogP contribution is 2.30. The lowest BCUT2D eigenvalue weighted by Crippen LogP contribution is -2.00. The summed E-state index contributed by atoms with van der Waals surface area (Å²) in [5, 5.41) is 7.84. The predicted molar refractivity (Wildman–Crippen MR) is 113 cm³/mol. The Kier molecular flexibility index (Phi) is 4.98. The molecule has 0 atom stereocenters. The lowest BCUT2D eigenvalue weighted by Gasteiger charge is -2.04. The van der Waals surface area contributed by atoms with Gasteiger partial charge in [-0.3, -0.25) is 4.79 Å². The third-order valence-corrected chi connectivity index (χ3v) is 5.20. The molecule has 7 nitrogen and oxygen atoms in total. The SMILES string of the molecule is O=C1/C(=C/c2ccc(-n3cncn3)c(F)c2)CC/C1=C\c1ccc(-n2cncn2)c(F)c1. The molecule has 4 aromatic rings.